The molecule has 0 saturated carbocycles. The van der Waals surface area contributed by atoms with Gasteiger partial charge in [-0.15, -0.1) is 0 Å². The fourth-order valence-electron chi connectivity index (χ4n) is 2.28. The number of nitriles is 1. The Morgan fingerprint density at radius 2 is 2.17 bits per heavy atom. The first kappa shape index (κ1) is 15.9. The van der Waals surface area contributed by atoms with Gasteiger partial charge in [0.05, 0.1) is 17.0 Å². The lowest BCUT2D eigenvalue weighted by atomic mass is 10.1. The highest BCUT2D eigenvalue weighted by Crippen LogP contribution is 2.29. The molecule has 0 unspecified atom stereocenters. The van der Waals surface area contributed by atoms with Crippen molar-refractivity contribution >= 4 is 21.1 Å². The van der Waals surface area contributed by atoms with E-state index in [9.17, 15) is 8.42 Å². The van der Waals surface area contributed by atoms with Gasteiger partial charge in [-0.1, -0.05) is 12.1 Å². The number of hydrogen-bond acceptors (Lipinski definition) is 6. The molecule has 0 radical (unpaired) electrons. The molecule has 0 spiro atoms. The molecule has 0 fully saturated rings. The Hall–Kier alpha value is -2.96. The van der Waals surface area contributed by atoms with Gasteiger partial charge < -0.3 is 4.74 Å². The fourth-order valence-corrected chi connectivity index (χ4v) is 2.84. The minimum absolute atomic E-state index is 0.0187. The number of H-pyrrole nitrogens is 1. The summed E-state index contributed by atoms with van der Waals surface area (Å²) >= 11 is 0. The third-order valence-electron chi connectivity index (χ3n) is 3.34. The first-order valence-corrected chi connectivity index (χ1v) is 8.54. The van der Waals surface area contributed by atoms with Crippen LogP contribution in [0, 0.1) is 11.3 Å². The molecule has 0 aliphatic carbocycles. The van der Waals surface area contributed by atoms with Crippen LogP contribution in [-0.2, 0) is 10.0 Å². The molecule has 2 aromatic heterocycles. The van der Waals surface area contributed by atoms with Gasteiger partial charge in [-0.2, -0.15) is 10.4 Å². The molecular weight excluding hydrogens is 330 g/mol. The van der Waals surface area contributed by atoms with Gasteiger partial charge in [-0.25, -0.2) is 18.5 Å². The molecule has 0 atom stereocenters. The normalized spacial score (nSPS) is 11.4. The number of sulfonamides is 1. The van der Waals surface area contributed by atoms with Gasteiger partial charge in [0.1, 0.15) is 22.8 Å². The third-order valence-corrected chi connectivity index (χ3v) is 4.25. The Morgan fingerprint density at radius 3 is 2.83 bits per heavy atom. The van der Waals surface area contributed by atoms with Gasteiger partial charge in [-0.05, 0) is 25.1 Å². The molecule has 0 aliphatic rings. The predicted octanol–water partition coefficient (Wildman–Crippen LogP) is 1.54. The molecule has 0 bridgehead atoms. The van der Waals surface area contributed by atoms with Crippen LogP contribution in [-0.4, -0.2) is 30.2 Å². The van der Waals surface area contributed by atoms with Crippen molar-refractivity contribution < 1.29 is 13.2 Å². The summed E-state index contributed by atoms with van der Waals surface area (Å²) in [4.78, 5) is 4.33. The van der Waals surface area contributed by atoms with Crippen molar-refractivity contribution in [1.29, 1.82) is 5.26 Å². The summed E-state index contributed by atoms with van der Waals surface area (Å²) in [5.74, 6) is 0.206. The lowest BCUT2D eigenvalue weighted by Crippen LogP contribution is -2.11. The maximum Gasteiger partial charge on any atom is 0.238 e. The van der Waals surface area contributed by atoms with E-state index in [0.717, 1.165) is 0 Å². The van der Waals surface area contributed by atoms with Crippen LogP contribution in [0.1, 0.15) is 12.5 Å². The van der Waals surface area contributed by atoms with Gasteiger partial charge in [0.25, 0.3) is 0 Å². The molecule has 3 rings (SSSR count). The monoisotopic (exact) mass is 343 g/mol. The van der Waals surface area contributed by atoms with Crippen molar-refractivity contribution in [3.8, 4) is 23.2 Å². The highest BCUT2D eigenvalue weighted by atomic mass is 32.2. The number of rotatable bonds is 4. The summed E-state index contributed by atoms with van der Waals surface area (Å²) in [6.45, 7) is 2.15. The molecule has 24 heavy (non-hydrogen) atoms. The summed E-state index contributed by atoms with van der Waals surface area (Å²) in [5, 5.41) is 21.3. The van der Waals surface area contributed by atoms with Crippen molar-refractivity contribution in [2.24, 2.45) is 5.14 Å². The first-order valence-electron chi connectivity index (χ1n) is 6.99. The van der Waals surface area contributed by atoms with Gasteiger partial charge in [0.15, 0.2) is 0 Å². The van der Waals surface area contributed by atoms with E-state index in [1.165, 1.54) is 12.1 Å². The number of nitrogens with zero attached hydrogens (tertiary/aromatic N) is 3. The zero-order chi connectivity index (χ0) is 17.3. The summed E-state index contributed by atoms with van der Waals surface area (Å²) in [7, 11) is -3.82. The van der Waals surface area contributed by atoms with Crippen LogP contribution in [0.5, 0.6) is 5.88 Å². The number of hydrogen-bond donors (Lipinski definition) is 2. The van der Waals surface area contributed by atoms with Crippen LogP contribution >= 0.6 is 0 Å². The number of pyridine rings is 1. The van der Waals surface area contributed by atoms with E-state index in [2.05, 4.69) is 15.2 Å². The SMILES string of the molecule is CCOc1nc2c(-c3cccc(S(N)(=O)=O)c3)n[nH]c2cc1C#N. The summed E-state index contributed by atoms with van der Waals surface area (Å²) in [5.41, 5.74) is 2.29. The van der Waals surface area contributed by atoms with Gasteiger partial charge >= 0.3 is 0 Å². The van der Waals surface area contributed by atoms with Crippen molar-refractivity contribution in [1.82, 2.24) is 15.2 Å². The smallest absolute Gasteiger partial charge is 0.238 e. The summed E-state index contributed by atoms with van der Waals surface area (Å²) < 4.78 is 28.4. The minimum Gasteiger partial charge on any atom is -0.477 e. The molecule has 9 heteroatoms. The number of ether oxygens (including phenoxy) is 1. The van der Waals surface area contributed by atoms with Gasteiger partial charge in [-0.3, -0.25) is 5.10 Å². The minimum atomic E-state index is -3.82. The van der Waals surface area contributed by atoms with Crippen LogP contribution in [0.2, 0.25) is 0 Å². The second-order valence-corrected chi connectivity index (χ2v) is 6.49. The van der Waals surface area contributed by atoms with Gasteiger partial charge in [0, 0.05) is 5.56 Å². The molecule has 0 amide bonds. The van der Waals surface area contributed by atoms with Crippen molar-refractivity contribution in [3.05, 3.63) is 35.9 Å². The summed E-state index contributed by atoms with van der Waals surface area (Å²) in [6, 6.07) is 9.71. The maximum absolute atomic E-state index is 11.5. The topological polar surface area (TPSA) is 135 Å². The highest BCUT2D eigenvalue weighted by molar-refractivity contribution is 7.89. The van der Waals surface area contributed by atoms with E-state index >= 15 is 0 Å². The maximum atomic E-state index is 11.5. The zero-order valence-corrected chi connectivity index (χ0v) is 13.5. The van der Waals surface area contributed by atoms with E-state index in [1.807, 2.05) is 6.07 Å². The van der Waals surface area contributed by atoms with E-state index in [1.54, 1.807) is 25.1 Å². The first-order chi connectivity index (χ1) is 11.4. The number of benzene rings is 1. The Morgan fingerprint density at radius 1 is 1.38 bits per heavy atom. The second-order valence-electron chi connectivity index (χ2n) is 4.93. The quantitative estimate of drug-likeness (QED) is 0.737. The summed E-state index contributed by atoms with van der Waals surface area (Å²) in [6.07, 6.45) is 0. The fraction of sp³-hybridized carbons (Fsp3) is 0.133. The lowest BCUT2D eigenvalue weighted by Gasteiger charge is -2.05. The number of nitrogens with two attached hydrogens (primary N) is 1. The van der Waals surface area contributed by atoms with Gasteiger partial charge in [0.2, 0.25) is 15.9 Å². The van der Waals surface area contributed by atoms with E-state index in [0.29, 0.717) is 28.9 Å². The second kappa shape index (κ2) is 5.92. The Kier molecular flexibility index (Phi) is 3.92. The lowest BCUT2D eigenvalue weighted by molar-refractivity contribution is 0.327. The molecule has 3 N–H and O–H groups in total. The molecule has 0 aliphatic heterocycles. The average molecular weight is 343 g/mol. The Balaban J connectivity index is 2.21. The number of primary sulfonamides is 1. The molecule has 0 saturated heterocycles. The van der Waals surface area contributed by atoms with E-state index in [-0.39, 0.29) is 16.3 Å². The number of aromatic amines is 1. The largest absolute Gasteiger partial charge is 0.477 e. The Bertz CT molecular complexity index is 1070. The van der Waals surface area contributed by atoms with E-state index in [4.69, 9.17) is 15.1 Å². The number of aromatic nitrogens is 3. The standard InChI is InChI=1S/C15H13N5O3S/c1-2-23-15-10(8-16)7-12-14(18-15)13(20-19-12)9-4-3-5-11(6-9)24(17,21)22/h3-7H,2H2,1H3,(H,19,20)(H2,17,21,22). The van der Waals surface area contributed by atoms with Crippen LogP contribution in [0.3, 0.4) is 0 Å². The van der Waals surface area contributed by atoms with Crippen molar-refractivity contribution in [2.75, 3.05) is 6.61 Å². The molecule has 3 aromatic rings. The van der Waals surface area contributed by atoms with Crippen molar-refractivity contribution in [2.45, 2.75) is 11.8 Å². The zero-order valence-electron chi connectivity index (χ0n) is 12.6. The Labute approximate surface area is 137 Å². The predicted molar refractivity (Wildman–Crippen MR) is 86.6 cm³/mol. The number of fused-ring (bicyclic) bond motifs is 1. The molecule has 1 aromatic carbocycles. The average Bonchev–Trinajstić information content (AvgIpc) is 2.96. The number of nitrogens with one attached hydrogen (secondary N) is 1. The molecule has 2 heterocycles. The van der Waals surface area contributed by atoms with Crippen molar-refractivity contribution in [3.63, 3.8) is 0 Å². The molecule has 8 nitrogen and oxygen atoms in total. The van der Waals surface area contributed by atoms with Crippen LogP contribution in [0.25, 0.3) is 22.3 Å². The van der Waals surface area contributed by atoms with Crippen LogP contribution in [0.4, 0.5) is 0 Å². The molecular formula is C15H13N5O3S. The third kappa shape index (κ3) is 2.80. The van der Waals surface area contributed by atoms with Crippen LogP contribution < -0.4 is 9.88 Å². The molecule has 122 valence electrons. The van der Waals surface area contributed by atoms with E-state index < -0.39 is 10.0 Å². The highest BCUT2D eigenvalue weighted by Gasteiger charge is 2.16. The van der Waals surface area contributed by atoms with Crippen LogP contribution in [0.15, 0.2) is 35.2 Å².